The van der Waals surface area contributed by atoms with E-state index < -0.39 is 11.7 Å². The van der Waals surface area contributed by atoms with Crippen LogP contribution in [0.3, 0.4) is 0 Å². The number of halogens is 3. The molecule has 3 rings (SSSR count). The van der Waals surface area contributed by atoms with Gasteiger partial charge < -0.3 is 10.2 Å². The first kappa shape index (κ1) is 15.9. The molecule has 1 unspecified atom stereocenters. The zero-order valence-electron chi connectivity index (χ0n) is 12.8. The molecular weight excluding hydrogens is 305 g/mol. The number of H-pyrrole nitrogens is 1. The number of rotatable bonds is 3. The van der Waals surface area contributed by atoms with Crippen molar-refractivity contribution in [2.45, 2.75) is 25.1 Å². The van der Waals surface area contributed by atoms with Crippen molar-refractivity contribution in [1.82, 2.24) is 15.5 Å². The molecule has 1 aliphatic rings. The van der Waals surface area contributed by atoms with Gasteiger partial charge >= 0.3 is 6.18 Å². The molecule has 0 spiro atoms. The molecule has 1 aliphatic heterocycles. The van der Waals surface area contributed by atoms with Crippen molar-refractivity contribution in [2.24, 2.45) is 0 Å². The summed E-state index contributed by atoms with van der Waals surface area (Å²) in [6, 6.07) is 5.43. The lowest BCUT2D eigenvalue weighted by Crippen LogP contribution is -2.61. The number of alkyl halides is 3. The highest BCUT2D eigenvalue weighted by molar-refractivity contribution is 5.47. The number of nitrogens with zero attached hydrogens (tertiary/aromatic N) is 2. The standard InChI is InChI=1S/C16H19F3N4/c1-15(8-12-2-4-13(5-3-12)16(17,18)19)11-20-6-7-23(15)14-9-21-22-10-14/h2-5,9-10,20H,6-8,11H2,1H3,(H,21,22). The minimum absolute atomic E-state index is 0.220. The normalized spacial score (nSPS) is 22.3. The van der Waals surface area contributed by atoms with Gasteiger partial charge in [-0.1, -0.05) is 12.1 Å². The van der Waals surface area contributed by atoms with Gasteiger partial charge in [0.1, 0.15) is 0 Å². The molecule has 1 fully saturated rings. The molecule has 0 aliphatic carbocycles. The van der Waals surface area contributed by atoms with E-state index in [9.17, 15) is 13.2 Å². The molecule has 23 heavy (non-hydrogen) atoms. The van der Waals surface area contributed by atoms with Gasteiger partial charge in [-0.25, -0.2) is 0 Å². The summed E-state index contributed by atoms with van der Waals surface area (Å²) in [4.78, 5) is 2.25. The second-order valence-electron chi connectivity index (χ2n) is 6.15. The fourth-order valence-corrected chi connectivity index (χ4v) is 3.16. The van der Waals surface area contributed by atoms with Crippen LogP contribution in [0.25, 0.3) is 0 Å². The lowest BCUT2D eigenvalue weighted by atomic mass is 9.88. The number of piperazine rings is 1. The van der Waals surface area contributed by atoms with Gasteiger partial charge in [0.15, 0.2) is 0 Å². The summed E-state index contributed by atoms with van der Waals surface area (Å²) >= 11 is 0. The van der Waals surface area contributed by atoms with Gasteiger partial charge in [-0.2, -0.15) is 18.3 Å². The maximum absolute atomic E-state index is 12.7. The van der Waals surface area contributed by atoms with Crippen LogP contribution in [0, 0.1) is 0 Å². The van der Waals surface area contributed by atoms with Gasteiger partial charge in [-0.15, -0.1) is 0 Å². The Hall–Kier alpha value is -2.02. The van der Waals surface area contributed by atoms with E-state index in [1.165, 1.54) is 0 Å². The average molecular weight is 324 g/mol. The van der Waals surface area contributed by atoms with Gasteiger partial charge in [0.2, 0.25) is 0 Å². The number of benzene rings is 1. The molecule has 0 saturated carbocycles. The molecule has 2 N–H and O–H groups in total. The predicted molar refractivity (Wildman–Crippen MR) is 82.4 cm³/mol. The van der Waals surface area contributed by atoms with Crippen molar-refractivity contribution < 1.29 is 13.2 Å². The van der Waals surface area contributed by atoms with Crippen LogP contribution in [0.15, 0.2) is 36.7 Å². The molecule has 1 aromatic carbocycles. The Bertz CT molecular complexity index is 636. The zero-order chi connectivity index (χ0) is 16.5. The Kier molecular flexibility index (Phi) is 4.06. The van der Waals surface area contributed by atoms with Crippen LogP contribution in [0.1, 0.15) is 18.1 Å². The monoisotopic (exact) mass is 324 g/mol. The lowest BCUT2D eigenvalue weighted by molar-refractivity contribution is -0.137. The molecule has 1 saturated heterocycles. The molecule has 0 radical (unpaired) electrons. The summed E-state index contributed by atoms with van der Waals surface area (Å²) in [6.45, 7) is 4.58. The van der Waals surface area contributed by atoms with Crippen molar-refractivity contribution in [3.63, 3.8) is 0 Å². The molecule has 1 atom stereocenters. The first-order chi connectivity index (χ1) is 10.9. The van der Waals surface area contributed by atoms with Crippen molar-refractivity contribution in [3.8, 4) is 0 Å². The molecule has 4 nitrogen and oxygen atoms in total. The number of hydrogen-bond donors (Lipinski definition) is 2. The topological polar surface area (TPSA) is 44.0 Å². The van der Waals surface area contributed by atoms with Crippen LogP contribution >= 0.6 is 0 Å². The fourth-order valence-electron chi connectivity index (χ4n) is 3.16. The fraction of sp³-hybridized carbons (Fsp3) is 0.438. The largest absolute Gasteiger partial charge is 0.416 e. The highest BCUT2D eigenvalue weighted by Crippen LogP contribution is 2.31. The number of anilines is 1. The molecule has 0 bridgehead atoms. The van der Waals surface area contributed by atoms with Crippen LogP contribution < -0.4 is 10.2 Å². The molecule has 2 aromatic rings. The second-order valence-corrected chi connectivity index (χ2v) is 6.15. The average Bonchev–Trinajstić information content (AvgIpc) is 3.01. The highest BCUT2D eigenvalue weighted by Gasteiger charge is 2.35. The summed E-state index contributed by atoms with van der Waals surface area (Å²) in [6.07, 6.45) is -0.0202. The number of aromatic amines is 1. The highest BCUT2D eigenvalue weighted by atomic mass is 19.4. The molecule has 7 heteroatoms. The van der Waals surface area contributed by atoms with Crippen LogP contribution in [0.2, 0.25) is 0 Å². The summed E-state index contributed by atoms with van der Waals surface area (Å²) < 4.78 is 38.0. The van der Waals surface area contributed by atoms with Crippen LogP contribution in [-0.4, -0.2) is 35.4 Å². The lowest BCUT2D eigenvalue weighted by Gasteiger charge is -2.46. The molecular formula is C16H19F3N4. The van der Waals surface area contributed by atoms with Gasteiger partial charge in [0.05, 0.1) is 23.0 Å². The summed E-state index contributed by atoms with van der Waals surface area (Å²) in [5.74, 6) is 0. The van der Waals surface area contributed by atoms with E-state index in [1.54, 1.807) is 18.3 Å². The minimum atomic E-state index is -4.29. The van der Waals surface area contributed by atoms with Gasteiger partial charge in [0.25, 0.3) is 0 Å². The van der Waals surface area contributed by atoms with Crippen molar-refractivity contribution in [1.29, 1.82) is 0 Å². The van der Waals surface area contributed by atoms with Crippen LogP contribution in [-0.2, 0) is 12.6 Å². The van der Waals surface area contributed by atoms with Gasteiger partial charge in [0, 0.05) is 25.8 Å². The Balaban J connectivity index is 1.81. The van der Waals surface area contributed by atoms with Crippen LogP contribution in [0.4, 0.5) is 18.9 Å². The van der Waals surface area contributed by atoms with E-state index >= 15 is 0 Å². The molecule has 2 heterocycles. The summed E-state index contributed by atoms with van der Waals surface area (Å²) in [7, 11) is 0. The van der Waals surface area contributed by atoms with Gasteiger partial charge in [-0.05, 0) is 31.0 Å². The van der Waals surface area contributed by atoms with E-state index in [4.69, 9.17) is 0 Å². The third-order valence-corrected chi connectivity index (χ3v) is 4.33. The van der Waals surface area contributed by atoms with E-state index in [-0.39, 0.29) is 5.54 Å². The van der Waals surface area contributed by atoms with Crippen LogP contribution in [0.5, 0.6) is 0 Å². The van der Waals surface area contributed by atoms with E-state index in [1.807, 2.05) is 6.20 Å². The zero-order valence-corrected chi connectivity index (χ0v) is 12.8. The minimum Gasteiger partial charge on any atom is -0.361 e. The first-order valence-electron chi connectivity index (χ1n) is 7.52. The first-order valence-corrected chi connectivity index (χ1v) is 7.52. The smallest absolute Gasteiger partial charge is 0.361 e. The summed E-state index contributed by atoms with van der Waals surface area (Å²) in [5, 5.41) is 10.2. The SMILES string of the molecule is CC1(Cc2ccc(C(F)(F)F)cc2)CNCCN1c1cn[nH]c1. The van der Waals surface area contributed by atoms with E-state index in [0.29, 0.717) is 6.42 Å². The number of nitrogens with one attached hydrogen (secondary N) is 2. The van der Waals surface area contributed by atoms with Crippen molar-refractivity contribution in [2.75, 3.05) is 24.5 Å². The second kappa shape index (κ2) is 5.88. The van der Waals surface area contributed by atoms with E-state index in [0.717, 1.165) is 43.0 Å². The Morgan fingerprint density at radius 1 is 1.26 bits per heavy atom. The summed E-state index contributed by atoms with van der Waals surface area (Å²) in [5.41, 5.74) is 1.06. The third-order valence-electron chi connectivity index (χ3n) is 4.33. The maximum Gasteiger partial charge on any atom is 0.416 e. The Labute approximate surface area is 132 Å². The number of aromatic nitrogens is 2. The predicted octanol–water partition coefficient (Wildman–Crippen LogP) is 2.84. The molecule has 0 amide bonds. The number of hydrogen-bond acceptors (Lipinski definition) is 3. The van der Waals surface area contributed by atoms with E-state index in [2.05, 4.69) is 27.3 Å². The third kappa shape index (κ3) is 3.34. The molecule has 124 valence electrons. The maximum atomic E-state index is 12.7. The quantitative estimate of drug-likeness (QED) is 0.912. The van der Waals surface area contributed by atoms with Crippen molar-refractivity contribution in [3.05, 3.63) is 47.8 Å². The Morgan fingerprint density at radius 3 is 2.61 bits per heavy atom. The Morgan fingerprint density at radius 2 is 2.00 bits per heavy atom. The van der Waals surface area contributed by atoms with Gasteiger partial charge in [-0.3, -0.25) is 5.10 Å². The van der Waals surface area contributed by atoms with Crippen molar-refractivity contribution >= 4 is 5.69 Å². The molecule has 1 aromatic heterocycles.